The standard InChI is InChI=1S/C14H22N4O2.HI/c1-15-14(18-12-4-5-12)17-10-11-3-6-13(16-9-11)20-8-7-19-2;/h3,6,9,12H,4-5,7-8,10H2,1-2H3,(H2,15,17,18);1H. The predicted octanol–water partition coefficient (Wildman–Crippen LogP) is 1.55. The van der Waals surface area contributed by atoms with Crippen LogP contribution in [0.5, 0.6) is 5.88 Å². The second-order valence-electron chi connectivity index (χ2n) is 4.69. The zero-order valence-corrected chi connectivity index (χ0v) is 14.8. The number of halogens is 1. The van der Waals surface area contributed by atoms with Crippen molar-refractivity contribution in [2.75, 3.05) is 27.4 Å². The van der Waals surface area contributed by atoms with Crippen molar-refractivity contribution in [3.63, 3.8) is 0 Å². The minimum atomic E-state index is 0. The molecule has 0 atom stereocenters. The predicted molar refractivity (Wildman–Crippen MR) is 93.4 cm³/mol. The fraction of sp³-hybridized carbons (Fsp3) is 0.571. The van der Waals surface area contributed by atoms with E-state index in [0.717, 1.165) is 11.5 Å². The number of rotatable bonds is 7. The first-order valence-electron chi connectivity index (χ1n) is 6.85. The molecule has 0 aliphatic heterocycles. The molecule has 1 aliphatic rings. The van der Waals surface area contributed by atoms with Gasteiger partial charge in [-0.1, -0.05) is 6.07 Å². The molecule has 0 spiro atoms. The highest BCUT2D eigenvalue weighted by Crippen LogP contribution is 2.18. The summed E-state index contributed by atoms with van der Waals surface area (Å²) in [6.45, 7) is 1.77. The Kier molecular flexibility index (Phi) is 8.36. The van der Waals surface area contributed by atoms with Gasteiger partial charge in [0.2, 0.25) is 5.88 Å². The van der Waals surface area contributed by atoms with Gasteiger partial charge in [0, 0.05) is 39.0 Å². The molecule has 7 heteroatoms. The second-order valence-corrected chi connectivity index (χ2v) is 4.69. The number of ether oxygens (including phenoxy) is 2. The Balaban J connectivity index is 0.00000220. The lowest BCUT2D eigenvalue weighted by molar-refractivity contribution is 0.143. The highest BCUT2D eigenvalue weighted by atomic mass is 127. The Morgan fingerprint density at radius 1 is 1.38 bits per heavy atom. The normalized spacial score (nSPS) is 14.3. The molecule has 2 N–H and O–H groups in total. The van der Waals surface area contributed by atoms with Gasteiger partial charge in [0.1, 0.15) is 6.61 Å². The summed E-state index contributed by atoms with van der Waals surface area (Å²) in [4.78, 5) is 8.44. The van der Waals surface area contributed by atoms with Crippen molar-refractivity contribution in [2.24, 2.45) is 4.99 Å². The highest BCUT2D eigenvalue weighted by molar-refractivity contribution is 14.0. The van der Waals surface area contributed by atoms with Crippen LogP contribution in [0.15, 0.2) is 23.3 Å². The first kappa shape index (κ1) is 18.0. The van der Waals surface area contributed by atoms with Gasteiger partial charge in [-0.05, 0) is 18.4 Å². The quantitative estimate of drug-likeness (QED) is 0.311. The van der Waals surface area contributed by atoms with Crippen LogP contribution in [0.25, 0.3) is 0 Å². The van der Waals surface area contributed by atoms with Crippen LogP contribution in [-0.2, 0) is 11.3 Å². The number of methoxy groups -OCH3 is 1. The Morgan fingerprint density at radius 2 is 2.19 bits per heavy atom. The lowest BCUT2D eigenvalue weighted by Gasteiger charge is -2.11. The molecule has 1 aliphatic carbocycles. The van der Waals surface area contributed by atoms with E-state index in [2.05, 4.69) is 20.6 Å². The maximum absolute atomic E-state index is 5.42. The SMILES string of the molecule is CN=C(NCc1ccc(OCCOC)nc1)NC1CC1.I. The molecule has 1 aromatic heterocycles. The van der Waals surface area contributed by atoms with Gasteiger partial charge in [-0.3, -0.25) is 4.99 Å². The molecule has 2 rings (SSSR count). The third-order valence-electron chi connectivity index (χ3n) is 2.94. The zero-order valence-electron chi connectivity index (χ0n) is 12.5. The molecule has 0 saturated heterocycles. The Labute approximate surface area is 142 Å². The van der Waals surface area contributed by atoms with Crippen molar-refractivity contribution in [3.8, 4) is 5.88 Å². The topological polar surface area (TPSA) is 67.8 Å². The van der Waals surface area contributed by atoms with Crippen molar-refractivity contribution in [2.45, 2.75) is 25.4 Å². The average Bonchev–Trinajstić information content (AvgIpc) is 3.29. The van der Waals surface area contributed by atoms with Crippen LogP contribution in [0.1, 0.15) is 18.4 Å². The molecular weight excluding hydrogens is 383 g/mol. The van der Waals surface area contributed by atoms with Gasteiger partial charge in [-0.25, -0.2) is 4.98 Å². The fourth-order valence-corrected chi connectivity index (χ4v) is 1.63. The van der Waals surface area contributed by atoms with Crippen LogP contribution >= 0.6 is 24.0 Å². The molecule has 6 nitrogen and oxygen atoms in total. The summed E-state index contributed by atoms with van der Waals surface area (Å²) in [5.41, 5.74) is 1.09. The average molecular weight is 406 g/mol. The highest BCUT2D eigenvalue weighted by Gasteiger charge is 2.21. The minimum Gasteiger partial charge on any atom is -0.475 e. The molecular formula is C14H23IN4O2. The van der Waals surface area contributed by atoms with E-state index in [1.54, 1.807) is 20.4 Å². The van der Waals surface area contributed by atoms with Gasteiger partial charge in [-0.15, -0.1) is 24.0 Å². The van der Waals surface area contributed by atoms with E-state index < -0.39 is 0 Å². The van der Waals surface area contributed by atoms with Gasteiger partial charge in [0.15, 0.2) is 5.96 Å². The molecule has 1 heterocycles. The molecule has 0 bridgehead atoms. The lowest BCUT2D eigenvalue weighted by Crippen LogP contribution is -2.38. The number of hydrogen-bond donors (Lipinski definition) is 2. The van der Waals surface area contributed by atoms with Gasteiger partial charge in [0.05, 0.1) is 6.61 Å². The third-order valence-corrected chi connectivity index (χ3v) is 2.94. The Hall–Kier alpha value is -1.09. The fourth-order valence-electron chi connectivity index (χ4n) is 1.63. The van der Waals surface area contributed by atoms with E-state index in [4.69, 9.17) is 9.47 Å². The van der Waals surface area contributed by atoms with E-state index in [9.17, 15) is 0 Å². The molecule has 0 amide bonds. The largest absolute Gasteiger partial charge is 0.475 e. The number of nitrogens with one attached hydrogen (secondary N) is 2. The minimum absolute atomic E-state index is 0. The summed E-state index contributed by atoms with van der Waals surface area (Å²) in [6, 6.07) is 4.45. The van der Waals surface area contributed by atoms with Gasteiger partial charge < -0.3 is 20.1 Å². The summed E-state index contributed by atoms with van der Waals surface area (Å²) in [5.74, 6) is 1.46. The molecule has 1 saturated carbocycles. The van der Waals surface area contributed by atoms with E-state index in [-0.39, 0.29) is 24.0 Å². The van der Waals surface area contributed by atoms with Gasteiger partial charge in [0.25, 0.3) is 0 Å². The smallest absolute Gasteiger partial charge is 0.213 e. The summed E-state index contributed by atoms with van der Waals surface area (Å²) in [6.07, 6.45) is 4.27. The zero-order chi connectivity index (χ0) is 14.2. The lowest BCUT2D eigenvalue weighted by atomic mass is 10.3. The van der Waals surface area contributed by atoms with Crippen molar-refractivity contribution < 1.29 is 9.47 Å². The van der Waals surface area contributed by atoms with E-state index in [0.29, 0.717) is 31.7 Å². The summed E-state index contributed by atoms with van der Waals surface area (Å²) < 4.78 is 10.3. The molecule has 0 unspecified atom stereocenters. The summed E-state index contributed by atoms with van der Waals surface area (Å²) >= 11 is 0. The monoisotopic (exact) mass is 406 g/mol. The molecule has 21 heavy (non-hydrogen) atoms. The first-order valence-corrected chi connectivity index (χ1v) is 6.85. The van der Waals surface area contributed by atoms with Crippen LogP contribution in [0.2, 0.25) is 0 Å². The van der Waals surface area contributed by atoms with Crippen molar-refractivity contribution in [3.05, 3.63) is 23.9 Å². The summed E-state index contributed by atoms with van der Waals surface area (Å²) in [5, 5.41) is 6.60. The number of nitrogens with zero attached hydrogens (tertiary/aromatic N) is 2. The van der Waals surface area contributed by atoms with Gasteiger partial charge >= 0.3 is 0 Å². The third kappa shape index (κ3) is 6.94. The maximum Gasteiger partial charge on any atom is 0.213 e. The number of hydrogen-bond acceptors (Lipinski definition) is 4. The molecule has 0 radical (unpaired) electrons. The number of pyridine rings is 1. The van der Waals surface area contributed by atoms with E-state index >= 15 is 0 Å². The van der Waals surface area contributed by atoms with E-state index in [1.807, 2.05) is 12.1 Å². The molecule has 1 aromatic rings. The van der Waals surface area contributed by atoms with Crippen LogP contribution in [0.3, 0.4) is 0 Å². The van der Waals surface area contributed by atoms with Crippen molar-refractivity contribution in [1.82, 2.24) is 15.6 Å². The van der Waals surface area contributed by atoms with Crippen LogP contribution < -0.4 is 15.4 Å². The maximum atomic E-state index is 5.42. The van der Waals surface area contributed by atoms with Crippen molar-refractivity contribution >= 4 is 29.9 Å². The summed E-state index contributed by atoms with van der Waals surface area (Å²) in [7, 11) is 3.43. The van der Waals surface area contributed by atoms with Crippen LogP contribution in [0, 0.1) is 0 Å². The number of aromatic nitrogens is 1. The van der Waals surface area contributed by atoms with Crippen LogP contribution in [0.4, 0.5) is 0 Å². The number of guanidine groups is 1. The Bertz CT molecular complexity index is 435. The van der Waals surface area contributed by atoms with E-state index in [1.165, 1.54) is 12.8 Å². The Morgan fingerprint density at radius 3 is 2.76 bits per heavy atom. The second kappa shape index (κ2) is 9.78. The first-order chi connectivity index (χ1) is 9.81. The van der Waals surface area contributed by atoms with Gasteiger partial charge in [-0.2, -0.15) is 0 Å². The molecule has 118 valence electrons. The molecule has 1 fully saturated rings. The van der Waals surface area contributed by atoms with Crippen LogP contribution in [-0.4, -0.2) is 44.4 Å². The molecule has 0 aromatic carbocycles. The van der Waals surface area contributed by atoms with Crippen molar-refractivity contribution in [1.29, 1.82) is 0 Å². The number of aliphatic imine (C=N–C) groups is 1.